The van der Waals surface area contributed by atoms with Gasteiger partial charge in [-0.25, -0.2) is 0 Å². The first-order valence-corrected chi connectivity index (χ1v) is 13.5. The zero-order chi connectivity index (χ0) is 12.1. The van der Waals surface area contributed by atoms with E-state index in [-0.39, 0.29) is 11.8 Å². The molecule has 1 aliphatic rings. The van der Waals surface area contributed by atoms with Crippen molar-refractivity contribution in [3.8, 4) is 0 Å². The summed E-state index contributed by atoms with van der Waals surface area (Å²) in [4.78, 5) is 22.2. The molecule has 0 saturated carbocycles. The van der Waals surface area contributed by atoms with Crippen LogP contribution in [0.2, 0.25) is 0 Å². The Morgan fingerprint density at radius 3 is 2.20 bits per heavy atom. The van der Waals surface area contributed by atoms with E-state index in [0.717, 1.165) is 0 Å². The number of ketones is 1. The fraction of sp³-hybridized carbons (Fsp3) is 0.778. The monoisotopic (exact) mass is 475 g/mol. The van der Waals surface area contributed by atoms with E-state index in [1.165, 1.54) is 0 Å². The Bertz CT molecular complexity index is 238. The van der Waals surface area contributed by atoms with E-state index in [2.05, 4.69) is 40.0 Å². The predicted molar refractivity (Wildman–Crippen MR) is 71.6 cm³/mol. The molecule has 6 heteroatoms. The van der Waals surface area contributed by atoms with Gasteiger partial charge in [0.25, 0.3) is 0 Å². The van der Waals surface area contributed by atoms with Crippen molar-refractivity contribution in [2.24, 2.45) is 5.41 Å². The maximum atomic E-state index is 11.5. The van der Waals surface area contributed by atoms with E-state index in [4.69, 9.17) is 4.74 Å². The van der Waals surface area contributed by atoms with Gasteiger partial charge in [0.05, 0.1) is 0 Å². The summed E-state index contributed by atoms with van der Waals surface area (Å²) in [6.45, 7) is 5.50. The molecule has 0 aromatic rings. The molecule has 15 heavy (non-hydrogen) atoms. The number of carbonyl (C=O) groups is 2. The molecular weight excluding hydrogens is 461 g/mol. The van der Waals surface area contributed by atoms with Crippen molar-refractivity contribution in [2.75, 3.05) is 0 Å². The summed E-state index contributed by atoms with van der Waals surface area (Å²) in [5.41, 5.74) is -0.407. The molecule has 0 aromatic heterocycles. The van der Waals surface area contributed by atoms with E-state index in [0.29, 0.717) is 22.3 Å². The number of cyclic esters (lactones) is 1. The number of carbonyl (C=O) groups excluding carboxylic acids is 2. The Balaban J connectivity index is 0.000000583. The number of esters is 1. The van der Waals surface area contributed by atoms with E-state index in [1.54, 1.807) is 0 Å². The van der Waals surface area contributed by atoms with Crippen LogP contribution >= 0.6 is 40.0 Å². The van der Waals surface area contributed by atoms with Crippen molar-refractivity contribution < 1.29 is 23.8 Å². The molecule has 1 rings (SSSR count). The molecule has 87 valence electrons. The van der Waals surface area contributed by atoms with Crippen LogP contribution in [-0.2, 0) is 23.8 Å². The molecular formula is C9H14I2O3V. The van der Waals surface area contributed by atoms with Gasteiger partial charge in [-0.15, -0.1) is 0 Å². The van der Waals surface area contributed by atoms with Crippen molar-refractivity contribution in [3.63, 3.8) is 0 Å². The summed E-state index contributed by atoms with van der Waals surface area (Å²) in [7, 11) is 0.628. The second kappa shape index (κ2) is 7.50. The van der Waals surface area contributed by atoms with E-state index < -0.39 is 11.5 Å². The Kier molecular flexibility index (Phi) is 8.09. The van der Waals surface area contributed by atoms with Crippen LogP contribution < -0.4 is 0 Å². The van der Waals surface area contributed by atoms with E-state index in [1.807, 2.05) is 20.8 Å². The van der Waals surface area contributed by atoms with Gasteiger partial charge in [0.1, 0.15) is 0 Å². The van der Waals surface area contributed by atoms with Gasteiger partial charge in [0, 0.05) is 18.3 Å². The number of Topliss-reactive ketones (excluding diaryl/α,β-unsaturated/α-hetero) is 1. The van der Waals surface area contributed by atoms with E-state index in [9.17, 15) is 9.59 Å². The Hall–Kier alpha value is 1.18. The van der Waals surface area contributed by atoms with Crippen molar-refractivity contribution in [2.45, 2.75) is 39.7 Å². The summed E-state index contributed by atoms with van der Waals surface area (Å²) in [5, 5.41) is 0. The van der Waals surface area contributed by atoms with Crippen LogP contribution in [-0.4, -0.2) is 17.9 Å². The van der Waals surface area contributed by atoms with Crippen LogP contribution in [0.4, 0.5) is 0 Å². The molecule has 1 fully saturated rings. The van der Waals surface area contributed by atoms with Crippen molar-refractivity contribution >= 4 is 51.7 Å². The molecule has 0 amide bonds. The zero-order valence-electron chi connectivity index (χ0n) is 8.92. The summed E-state index contributed by atoms with van der Waals surface area (Å²) >= 11 is 4.74. The topological polar surface area (TPSA) is 43.4 Å². The minimum atomic E-state index is -0.488. The number of hydrogen-bond acceptors (Lipinski definition) is 3. The van der Waals surface area contributed by atoms with Crippen molar-refractivity contribution in [1.29, 1.82) is 0 Å². The molecule has 0 aliphatic carbocycles. The molecule has 3 nitrogen and oxygen atoms in total. The van der Waals surface area contributed by atoms with Crippen LogP contribution in [0.1, 0.15) is 33.6 Å². The average Bonchev–Trinajstić information content (AvgIpc) is 2.50. The van der Waals surface area contributed by atoms with Crippen molar-refractivity contribution in [1.82, 2.24) is 0 Å². The average molecular weight is 475 g/mol. The second-order valence-electron chi connectivity index (χ2n) is 4.20. The quantitative estimate of drug-likeness (QED) is 0.433. The van der Waals surface area contributed by atoms with Crippen LogP contribution in [0.25, 0.3) is 0 Å². The number of ether oxygens (including phenoxy) is 1. The van der Waals surface area contributed by atoms with Gasteiger partial charge in [-0.2, -0.15) is 0 Å². The first-order chi connectivity index (χ1) is 6.82. The summed E-state index contributed by atoms with van der Waals surface area (Å²) in [6, 6.07) is 0. The molecule has 0 radical (unpaired) electrons. The third-order valence-electron chi connectivity index (χ3n) is 1.92. The standard InChI is InChI=1S/C9H14O3.2HI.V/c1-9(2,3)8(11)6-4-5-7(10)12-6;;;/h6H,4-5H2,1-3H3;2*1H;/q;;;+2/p-2/t6-;;;/m1.../s1. The molecule has 0 bridgehead atoms. The normalized spacial score (nSPS) is 20.1. The molecule has 0 spiro atoms. The van der Waals surface area contributed by atoms with Crippen LogP contribution in [0, 0.1) is 5.41 Å². The molecule has 0 N–H and O–H groups in total. The van der Waals surface area contributed by atoms with Crippen LogP contribution in [0.3, 0.4) is 0 Å². The fourth-order valence-electron chi connectivity index (χ4n) is 1.19. The molecule has 1 saturated heterocycles. The molecule has 1 aliphatic heterocycles. The van der Waals surface area contributed by atoms with Crippen molar-refractivity contribution in [3.05, 3.63) is 0 Å². The summed E-state index contributed by atoms with van der Waals surface area (Å²) < 4.78 is 4.86. The van der Waals surface area contributed by atoms with Gasteiger partial charge >= 0.3 is 55.4 Å². The Morgan fingerprint density at radius 2 is 1.93 bits per heavy atom. The number of halogens is 2. The number of hydrogen-bond donors (Lipinski definition) is 0. The van der Waals surface area contributed by atoms with Gasteiger partial charge in [0.15, 0.2) is 11.9 Å². The first-order valence-electron chi connectivity index (χ1n) is 4.49. The predicted octanol–water partition coefficient (Wildman–Crippen LogP) is 3.08. The zero-order valence-corrected chi connectivity index (χ0v) is 14.6. The van der Waals surface area contributed by atoms with Crippen LogP contribution in [0.15, 0.2) is 0 Å². The third-order valence-corrected chi connectivity index (χ3v) is 1.92. The molecule has 1 heterocycles. The fourth-order valence-corrected chi connectivity index (χ4v) is 1.19. The van der Waals surface area contributed by atoms with Crippen LogP contribution in [0.5, 0.6) is 0 Å². The minimum absolute atomic E-state index is 0.0216. The van der Waals surface area contributed by atoms with Gasteiger partial charge in [-0.05, 0) is 0 Å². The third kappa shape index (κ3) is 6.48. The van der Waals surface area contributed by atoms with Gasteiger partial charge in [-0.1, -0.05) is 20.8 Å². The SMILES string of the molecule is CC(C)(C)C(=O)[C@H]1CCC(=O)O1.[I][V][I]. The summed E-state index contributed by atoms with van der Waals surface area (Å²) in [5.74, 6) is -0.231. The van der Waals surface area contributed by atoms with Gasteiger partial charge in [-0.3, -0.25) is 9.59 Å². The second-order valence-corrected chi connectivity index (χ2v) is 16.0. The molecule has 0 aromatic carbocycles. The maximum absolute atomic E-state index is 11.5. The Labute approximate surface area is 119 Å². The van der Waals surface area contributed by atoms with Gasteiger partial charge < -0.3 is 4.74 Å². The van der Waals surface area contributed by atoms with E-state index >= 15 is 0 Å². The molecule has 1 atom stereocenters. The molecule has 0 unspecified atom stereocenters. The first kappa shape index (κ1) is 16.2. The van der Waals surface area contributed by atoms with Gasteiger partial charge in [0.2, 0.25) is 0 Å². The Morgan fingerprint density at radius 1 is 1.47 bits per heavy atom. The number of rotatable bonds is 1. The summed E-state index contributed by atoms with van der Waals surface area (Å²) in [6.07, 6.45) is 0.444.